The van der Waals surface area contributed by atoms with Crippen LogP contribution in [-0.4, -0.2) is 29.2 Å². The number of rotatable bonds is 3. The van der Waals surface area contributed by atoms with Crippen LogP contribution in [0.5, 0.6) is 5.75 Å². The van der Waals surface area contributed by atoms with Crippen LogP contribution in [0.1, 0.15) is 38.8 Å². The maximum Gasteiger partial charge on any atom is 0.491 e. The molecule has 0 saturated carbocycles. The van der Waals surface area contributed by atoms with Gasteiger partial charge in [-0.15, -0.1) is 0 Å². The minimum atomic E-state index is -0.388. The van der Waals surface area contributed by atoms with E-state index in [1.807, 2.05) is 46.8 Å². The minimum absolute atomic E-state index is 0.271. The van der Waals surface area contributed by atoms with Crippen molar-refractivity contribution in [1.82, 2.24) is 0 Å². The molecule has 5 heteroatoms. The molecule has 0 radical (unpaired) electrons. The van der Waals surface area contributed by atoms with Crippen LogP contribution in [0.2, 0.25) is 0 Å². The zero-order chi connectivity index (χ0) is 15.8. The van der Waals surface area contributed by atoms with Gasteiger partial charge < -0.3 is 14.4 Å². The van der Waals surface area contributed by atoms with Crippen molar-refractivity contribution in [2.24, 2.45) is 0 Å². The first-order valence-corrected chi connectivity index (χ1v) is 7.76. The first-order valence-electron chi connectivity index (χ1n) is 7.13. The lowest BCUT2D eigenvalue weighted by Gasteiger charge is -2.32. The van der Waals surface area contributed by atoms with Crippen LogP contribution >= 0.6 is 12.6 Å². The summed E-state index contributed by atoms with van der Waals surface area (Å²) in [6.07, 6.45) is 2.03. The third kappa shape index (κ3) is 3.30. The number of aromatic hydroxyl groups is 1. The molecule has 2 rings (SSSR count). The van der Waals surface area contributed by atoms with Crippen molar-refractivity contribution in [3.8, 4) is 5.75 Å². The normalized spacial score (nSPS) is 20.9. The summed E-state index contributed by atoms with van der Waals surface area (Å²) in [5.74, 6) is 0.824. The molecule has 0 aromatic heterocycles. The number of benzene rings is 1. The van der Waals surface area contributed by atoms with E-state index in [4.69, 9.17) is 9.31 Å². The van der Waals surface area contributed by atoms with Crippen LogP contribution in [-0.2, 0) is 9.31 Å². The highest BCUT2D eigenvalue weighted by molar-refractivity contribution is 7.80. The summed E-state index contributed by atoms with van der Waals surface area (Å²) in [5, 5.41) is 9.49. The Balaban J connectivity index is 2.31. The molecular formula is C16H23BO3S. The Morgan fingerprint density at radius 3 is 2.29 bits per heavy atom. The van der Waals surface area contributed by atoms with E-state index in [-0.39, 0.29) is 24.1 Å². The average Bonchev–Trinajstić information content (AvgIpc) is 2.57. The second-order valence-corrected chi connectivity index (χ2v) is 6.82. The molecule has 1 saturated heterocycles. The van der Waals surface area contributed by atoms with E-state index in [9.17, 15) is 5.11 Å². The molecule has 1 aliphatic heterocycles. The lowest BCUT2D eigenvalue weighted by atomic mass is 9.78. The zero-order valence-corrected chi connectivity index (χ0v) is 14.2. The van der Waals surface area contributed by atoms with E-state index >= 15 is 0 Å². The van der Waals surface area contributed by atoms with Gasteiger partial charge >= 0.3 is 7.12 Å². The van der Waals surface area contributed by atoms with E-state index in [2.05, 4.69) is 12.6 Å². The van der Waals surface area contributed by atoms with Crippen molar-refractivity contribution in [2.45, 2.75) is 45.8 Å². The topological polar surface area (TPSA) is 38.7 Å². The van der Waals surface area contributed by atoms with Crippen molar-refractivity contribution in [1.29, 1.82) is 0 Å². The van der Waals surface area contributed by atoms with Gasteiger partial charge in [0, 0.05) is 5.75 Å². The van der Waals surface area contributed by atoms with Crippen molar-refractivity contribution >= 4 is 25.8 Å². The number of hydrogen-bond acceptors (Lipinski definition) is 4. The van der Waals surface area contributed by atoms with Crippen molar-refractivity contribution in [2.75, 3.05) is 5.75 Å². The summed E-state index contributed by atoms with van der Waals surface area (Å²) in [5.41, 5.74) is 2.30. The monoisotopic (exact) mass is 306 g/mol. The van der Waals surface area contributed by atoms with Crippen molar-refractivity contribution in [3.63, 3.8) is 0 Å². The number of hydrogen-bond donors (Lipinski definition) is 2. The van der Waals surface area contributed by atoms with E-state index in [1.165, 1.54) is 0 Å². The molecule has 1 aliphatic rings. The second-order valence-electron chi connectivity index (χ2n) is 6.51. The van der Waals surface area contributed by atoms with Gasteiger partial charge in [0.15, 0.2) is 0 Å². The quantitative estimate of drug-likeness (QED) is 0.661. The molecule has 0 unspecified atom stereocenters. The molecule has 1 N–H and O–H groups in total. The predicted molar refractivity (Wildman–Crippen MR) is 90.8 cm³/mol. The van der Waals surface area contributed by atoms with Gasteiger partial charge in [0.1, 0.15) is 5.75 Å². The Labute approximate surface area is 132 Å². The Morgan fingerprint density at radius 1 is 1.24 bits per heavy atom. The summed E-state index contributed by atoms with van der Waals surface area (Å²) < 4.78 is 12.1. The molecule has 3 nitrogen and oxygen atoms in total. The predicted octanol–water partition coefficient (Wildman–Crippen LogP) is 3.65. The number of aryl methyl sites for hydroxylation is 1. The number of phenolic OH excluding ortho intramolecular Hbond substituents is 1. The third-order valence-corrected chi connectivity index (χ3v) is 4.70. The van der Waals surface area contributed by atoms with E-state index in [1.54, 1.807) is 12.1 Å². The van der Waals surface area contributed by atoms with Crippen molar-refractivity contribution < 1.29 is 14.4 Å². The molecule has 114 valence electrons. The average molecular weight is 306 g/mol. The van der Waals surface area contributed by atoms with Gasteiger partial charge in [0.2, 0.25) is 0 Å². The van der Waals surface area contributed by atoms with Gasteiger partial charge in [-0.1, -0.05) is 12.1 Å². The molecule has 1 aromatic carbocycles. The summed E-state index contributed by atoms with van der Waals surface area (Å²) in [7, 11) is -0.388. The molecule has 0 atom stereocenters. The molecule has 0 amide bonds. The van der Waals surface area contributed by atoms with Gasteiger partial charge in [-0.25, -0.2) is 0 Å². The zero-order valence-electron chi connectivity index (χ0n) is 13.3. The first kappa shape index (κ1) is 16.5. The van der Waals surface area contributed by atoms with Gasteiger partial charge in [-0.2, -0.15) is 12.6 Å². The van der Waals surface area contributed by atoms with Crippen LogP contribution in [0.15, 0.2) is 23.7 Å². The number of phenols is 1. The molecular weight excluding hydrogens is 283 g/mol. The second kappa shape index (κ2) is 5.71. The maximum absolute atomic E-state index is 9.49. The minimum Gasteiger partial charge on any atom is -0.508 e. The fraction of sp³-hybridized carbons (Fsp3) is 0.500. The van der Waals surface area contributed by atoms with Gasteiger partial charge in [-0.05, 0) is 63.4 Å². The van der Waals surface area contributed by atoms with Crippen LogP contribution < -0.4 is 0 Å². The lowest BCUT2D eigenvalue weighted by Crippen LogP contribution is -2.41. The van der Waals surface area contributed by atoms with E-state index in [0.717, 1.165) is 16.6 Å². The van der Waals surface area contributed by atoms with E-state index < -0.39 is 0 Å². The van der Waals surface area contributed by atoms with Crippen LogP contribution in [0.25, 0.3) is 6.08 Å². The Morgan fingerprint density at radius 2 is 1.81 bits per heavy atom. The largest absolute Gasteiger partial charge is 0.508 e. The summed E-state index contributed by atoms with van der Waals surface area (Å²) >= 11 is 4.41. The van der Waals surface area contributed by atoms with E-state index in [0.29, 0.717) is 5.75 Å². The molecule has 1 aromatic rings. The SMILES string of the molecule is Cc1cc(O)ccc1C=C(CS)B1OC(C)(C)C(C)(C)O1. The van der Waals surface area contributed by atoms with Crippen molar-refractivity contribution in [3.05, 3.63) is 34.8 Å². The van der Waals surface area contributed by atoms with Crippen LogP contribution in [0, 0.1) is 6.92 Å². The Bertz CT molecular complexity index is 551. The number of thiol groups is 1. The molecule has 1 fully saturated rings. The molecule has 1 heterocycles. The summed E-state index contributed by atoms with van der Waals surface area (Å²) in [4.78, 5) is 0. The third-order valence-electron chi connectivity index (χ3n) is 4.33. The fourth-order valence-electron chi connectivity index (χ4n) is 2.20. The van der Waals surface area contributed by atoms with Gasteiger partial charge in [0.25, 0.3) is 0 Å². The Kier molecular flexibility index (Phi) is 4.48. The van der Waals surface area contributed by atoms with Crippen LogP contribution in [0.3, 0.4) is 0 Å². The maximum atomic E-state index is 9.49. The van der Waals surface area contributed by atoms with Crippen LogP contribution in [0.4, 0.5) is 0 Å². The fourth-order valence-corrected chi connectivity index (χ4v) is 2.44. The smallest absolute Gasteiger partial charge is 0.491 e. The standard InChI is InChI=1S/C16H23BO3S/c1-11-8-14(18)7-6-12(11)9-13(10-21)17-19-15(2,3)16(4,5)20-17/h6-9,18,21H,10H2,1-5H3. The molecule has 0 spiro atoms. The van der Waals surface area contributed by atoms with Gasteiger partial charge in [-0.3, -0.25) is 0 Å². The molecule has 0 aliphatic carbocycles. The summed E-state index contributed by atoms with van der Waals surface area (Å²) in [6, 6.07) is 5.31. The lowest BCUT2D eigenvalue weighted by molar-refractivity contribution is 0.00578. The molecule has 21 heavy (non-hydrogen) atoms. The molecule has 0 bridgehead atoms. The summed E-state index contributed by atoms with van der Waals surface area (Å²) in [6.45, 7) is 10.1. The van der Waals surface area contributed by atoms with Gasteiger partial charge in [0.05, 0.1) is 11.2 Å². The highest BCUT2D eigenvalue weighted by Crippen LogP contribution is 2.39. The highest BCUT2D eigenvalue weighted by atomic mass is 32.1. The first-order chi connectivity index (χ1) is 9.66. The Hall–Kier alpha value is -0.905. The highest BCUT2D eigenvalue weighted by Gasteiger charge is 2.52.